The van der Waals surface area contributed by atoms with Gasteiger partial charge in [0.1, 0.15) is 0 Å². The van der Waals surface area contributed by atoms with Crippen LogP contribution in [0.25, 0.3) is 0 Å². The third kappa shape index (κ3) is 5.14. The van der Waals surface area contributed by atoms with Crippen LogP contribution in [0.5, 0.6) is 0 Å². The second-order valence-corrected chi connectivity index (χ2v) is 1.28. The fourth-order valence-electron chi connectivity index (χ4n) is 0.262. The average molecular weight is 117 g/mol. The minimum absolute atomic E-state index is 0.267. The van der Waals surface area contributed by atoms with Gasteiger partial charge in [-0.3, -0.25) is 9.18 Å². The molecule has 0 aliphatic carbocycles. The number of halogens is 1. The van der Waals surface area contributed by atoms with Gasteiger partial charge in [-0.25, -0.2) is 0 Å². The second kappa shape index (κ2) is 4.30. The minimum atomic E-state index is -0.529. The van der Waals surface area contributed by atoms with Crippen molar-refractivity contribution in [2.24, 2.45) is 5.73 Å². The van der Waals surface area contributed by atoms with Crippen molar-refractivity contribution in [2.75, 3.05) is 6.67 Å². The number of carbonyl (C=O) groups excluding carboxylic acids is 1. The molecule has 0 aromatic rings. The van der Waals surface area contributed by atoms with Crippen LogP contribution in [0.3, 0.4) is 0 Å². The molecule has 46 valence electrons. The van der Waals surface area contributed by atoms with Crippen molar-refractivity contribution in [3.05, 3.63) is 12.2 Å². The van der Waals surface area contributed by atoms with Crippen molar-refractivity contribution in [1.29, 1.82) is 0 Å². The van der Waals surface area contributed by atoms with Crippen molar-refractivity contribution >= 4 is 5.91 Å². The van der Waals surface area contributed by atoms with Crippen molar-refractivity contribution < 1.29 is 9.18 Å². The molecule has 3 heteroatoms. The number of hydrogen-bond donors (Lipinski definition) is 1. The van der Waals surface area contributed by atoms with E-state index in [0.717, 1.165) is 6.08 Å². The first kappa shape index (κ1) is 7.14. The third-order valence-corrected chi connectivity index (χ3v) is 0.558. The Morgan fingerprint density at radius 1 is 1.75 bits per heavy atom. The maximum absolute atomic E-state index is 11.2. The van der Waals surface area contributed by atoms with E-state index in [4.69, 9.17) is 0 Å². The summed E-state index contributed by atoms with van der Waals surface area (Å²) >= 11 is 0. The zero-order chi connectivity index (χ0) is 6.41. The van der Waals surface area contributed by atoms with E-state index < -0.39 is 12.6 Å². The van der Waals surface area contributed by atoms with Gasteiger partial charge in [0.15, 0.2) is 0 Å². The first-order valence-electron chi connectivity index (χ1n) is 2.29. The fraction of sp³-hybridized carbons (Fsp3) is 0.400. The lowest BCUT2D eigenvalue weighted by atomic mass is 10.4. The van der Waals surface area contributed by atoms with Crippen molar-refractivity contribution in [1.82, 2.24) is 0 Å². The lowest BCUT2D eigenvalue weighted by Gasteiger charge is -1.78. The highest BCUT2D eigenvalue weighted by Gasteiger charge is 1.79. The van der Waals surface area contributed by atoms with E-state index in [2.05, 4.69) is 5.73 Å². The maximum atomic E-state index is 11.2. The van der Waals surface area contributed by atoms with Gasteiger partial charge in [-0.1, -0.05) is 6.08 Å². The summed E-state index contributed by atoms with van der Waals surface area (Å²) in [5, 5.41) is 0. The summed E-state index contributed by atoms with van der Waals surface area (Å²) in [7, 11) is 0. The van der Waals surface area contributed by atoms with Gasteiger partial charge >= 0.3 is 0 Å². The van der Waals surface area contributed by atoms with Crippen LogP contribution in [-0.4, -0.2) is 12.6 Å². The molecule has 8 heavy (non-hydrogen) atoms. The smallest absolute Gasteiger partial charge is 0.241 e. The summed E-state index contributed by atoms with van der Waals surface area (Å²) < 4.78 is 11.2. The summed E-state index contributed by atoms with van der Waals surface area (Å²) in [4.78, 5) is 9.89. The molecule has 2 N–H and O–H groups in total. The van der Waals surface area contributed by atoms with Crippen molar-refractivity contribution in [3.63, 3.8) is 0 Å². The zero-order valence-electron chi connectivity index (χ0n) is 4.43. The number of allylic oxidation sites excluding steroid dienone is 1. The SMILES string of the molecule is NC(=O)C=CCCF. The van der Waals surface area contributed by atoms with E-state index in [1.54, 1.807) is 0 Å². The van der Waals surface area contributed by atoms with Gasteiger partial charge in [-0.05, 0) is 12.5 Å². The van der Waals surface area contributed by atoms with Gasteiger partial charge in [0.25, 0.3) is 0 Å². The number of nitrogens with two attached hydrogens (primary N) is 1. The molecule has 0 saturated carbocycles. The van der Waals surface area contributed by atoms with Crippen LogP contribution in [0.4, 0.5) is 4.39 Å². The van der Waals surface area contributed by atoms with Gasteiger partial charge in [0, 0.05) is 0 Å². The number of amides is 1. The van der Waals surface area contributed by atoms with Crippen LogP contribution in [0.15, 0.2) is 12.2 Å². The van der Waals surface area contributed by atoms with Crippen LogP contribution in [0.2, 0.25) is 0 Å². The molecule has 0 aromatic heterocycles. The summed E-state index contributed by atoms with van der Waals surface area (Å²) in [6, 6.07) is 0. The van der Waals surface area contributed by atoms with E-state index in [9.17, 15) is 9.18 Å². The van der Waals surface area contributed by atoms with Crippen LogP contribution in [-0.2, 0) is 4.79 Å². The second-order valence-electron chi connectivity index (χ2n) is 1.28. The van der Waals surface area contributed by atoms with E-state index in [1.165, 1.54) is 6.08 Å². The molecular weight excluding hydrogens is 109 g/mol. The molecule has 0 radical (unpaired) electrons. The van der Waals surface area contributed by atoms with E-state index >= 15 is 0 Å². The molecule has 1 amide bonds. The first-order chi connectivity index (χ1) is 3.77. The van der Waals surface area contributed by atoms with Gasteiger partial charge in [-0.2, -0.15) is 0 Å². The fourth-order valence-corrected chi connectivity index (χ4v) is 0.262. The normalized spacial score (nSPS) is 10.1. The molecule has 0 unspecified atom stereocenters. The number of alkyl halides is 1. The summed E-state index contributed by atoms with van der Waals surface area (Å²) in [5.74, 6) is -0.529. The summed E-state index contributed by atoms with van der Waals surface area (Å²) in [6.07, 6.45) is 2.82. The van der Waals surface area contributed by atoms with Gasteiger partial charge < -0.3 is 5.73 Å². The van der Waals surface area contributed by atoms with Gasteiger partial charge in [-0.15, -0.1) is 0 Å². The lowest BCUT2D eigenvalue weighted by Crippen LogP contribution is -2.05. The Morgan fingerprint density at radius 2 is 2.38 bits per heavy atom. The summed E-state index contributed by atoms with van der Waals surface area (Å²) in [5.41, 5.74) is 4.69. The lowest BCUT2D eigenvalue weighted by molar-refractivity contribution is -0.113. The highest BCUT2D eigenvalue weighted by Crippen LogP contribution is 1.81. The quantitative estimate of drug-likeness (QED) is 0.534. The highest BCUT2D eigenvalue weighted by atomic mass is 19.1. The largest absolute Gasteiger partial charge is 0.366 e. The number of hydrogen-bond acceptors (Lipinski definition) is 1. The Labute approximate surface area is 47.2 Å². The zero-order valence-corrected chi connectivity index (χ0v) is 4.43. The van der Waals surface area contributed by atoms with Gasteiger partial charge in [0.2, 0.25) is 5.91 Å². The van der Waals surface area contributed by atoms with Crippen LogP contribution in [0.1, 0.15) is 6.42 Å². The number of carbonyl (C=O) groups is 1. The maximum Gasteiger partial charge on any atom is 0.241 e. The van der Waals surface area contributed by atoms with Crippen LogP contribution in [0, 0.1) is 0 Å². The standard InChI is InChI=1S/C5H8FNO/c6-4-2-1-3-5(7)8/h1,3H,2,4H2,(H2,7,8). The molecule has 0 aliphatic heterocycles. The first-order valence-corrected chi connectivity index (χ1v) is 2.29. The molecule has 0 bridgehead atoms. The summed E-state index contributed by atoms with van der Waals surface area (Å²) in [6.45, 7) is -0.441. The highest BCUT2D eigenvalue weighted by molar-refractivity contribution is 5.85. The predicted molar refractivity (Wildman–Crippen MR) is 28.9 cm³/mol. The Hall–Kier alpha value is -0.860. The topological polar surface area (TPSA) is 43.1 Å². The Morgan fingerprint density at radius 3 is 2.75 bits per heavy atom. The average Bonchev–Trinajstić information content (AvgIpc) is 1.66. The molecule has 0 rings (SSSR count). The van der Waals surface area contributed by atoms with Crippen LogP contribution >= 0.6 is 0 Å². The Balaban J connectivity index is 3.20. The molecular formula is C5H8FNO. The number of primary amides is 1. The molecule has 2 nitrogen and oxygen atoms in total. The number of rotatable bonds is 3. The molecule has 0 aliphatic rings. The molecule has 0 atom stereocenters. The van der Waals surface area contributed by atoms with E-state index in [-0.39, 0.29) is 6.42 Å². The third-order valence-electron chi connectivity index (χ3n) is 0.558. The van der Waals surface area contributed by atoms with Crippen molar-refractivity contribution in [2.45, 2.75) is 6.42 Å². The van der Waals surface area contributed by atoms with Crippen LogP contribution < -0.4 is 5.73 Å². The molecule has 0 saturated heterocycles. The predicted octanol–water partition coefficient (Wildman–Crippen LogP) is 0.388. The minimum Gasteiger partial charge on any atom is -0.366 e. The van der Waals surface area contributed by atoms with E-state index in [1.807, 2.05) is 0 Å². The molecule has 0 aromatic carbocycles. The van der Waals surface area contributed by atoms with E-state index in [0.29, 0.717) is 0 Å². The van der Waals surface area contributed by atoms with Gasteiger partial charge in [0.05, 0.1) is 6.67 Å². The molecule has 0 heterocycles. The molecule has 0 fully saturated rings. The van der Waals surface area contributed by atoms with Crippen molar-refractivity contribution in [3.8, 4) is 0 Å². The monoisotopic (exact) mass is 117 g/mol. The molecule has 0 spiro atoms. The Kier molecular flexibility index (Phi) is 3.84. The Bertz CT molecular complexity index is 101.